The average molecular weight is 300 g/mol. The second-order valence-corrected chi connectivity index (χ2v) is 6.62. The minimum atomic E-state index is 0.248. The highest BCUT2D eigenvalue weighted by molar-refractivity contribution is 6.31. The lowest BCUT2D eigenvalue weighted by molar-refractivity contribution is 0.186. The zero-order valence-corrected chi connectivity index (χ0v) is 13.8. The number of nitrogens with one attached hydrogen (secondary N) is 1. The van der Waals surface area contributed by atoms with Crippen LogP contribution in [0.3, 0.4) is 0 Å². The van der Waals surface area contributed by atoms with Crippen LogP contribution in [0.2, 0.25) is 5.02 Å². The van der Waals surface area contributed by atoms with Gasteiger partial charge in [0, 0.05) is 27.2 Å². The molecule has 1 heterocycles. The molecule has 1 N–H and O–H groups in total. The molecule has 2 rings (SSSR count). The van der Waals surface area contributed by atoms with Crippen LogP contribution in [-0.4, -0.2) is 36.6 Å². The maximum atomic E-state index is 6.41. The van der Waals surface area contributed by atoms with E-state index >= 15 is 0 Å². The lowest BCUT2D eigenvalue weighted by Crippen LogP contribution is -2.37. The molecule has 1 aromatic heterocycles. The normalized spacial score (nSPS) is 18.2. The number of ether oxygens (including phenoxy) is 1. The van der Waals surface area contributed by atoms with Crippen molar-refractivity contribution in [1.82, 2.24) is 15.1 Å². The first-order valence-corrected chi connectivity index (χ1v) is 7.73. The van der Waals surface area contributed by atoms with E-state index in [-0.39, 0.29) is 5.41 Å². The summed E-state index contributed by atoms with van der Waals surface area (Å²) in [4.78, 5) is 0. The second-order valence-electron chi connectivity index (χ2n) is 6.24. The largest absolute Gasteiger partial charge is 0.383 e. The highest BCUT2D eigenvalue weighted by Crippen LogP contribution is 2.47. The van der Waals surface area contributed by atoms with Gasteiger partial charge in [0.05, 0.1) is 23.0 Å². The van der Waals surface area contributed by atoms with Gasteiger partial charge < -0.3 is 10.1 Å². The summed E-state index contributed by atoms with van der Waals surface area (Å²) in [5.41, 5.74) is 2.33. The van der Waals surface area contributed by atoms with E-state index in [0.717, 1.165) is 48.4 Å². The standard InChI is InChI=1S/C15H26ClN3O/c1-11-14(16)13(19(3)18-11)9-15(2,12-5-6-12)10-17-7-8-20-4/h12,17H,5-10H2,1-4H3. The van der Waals surface area contributed by atoms with Gasteiger partial charge in [-0.3, -0.25) is 4.68 Å². The molecular formula is C15H26ClN3O. The zero-order valence-electron chi connectivity index (χ0n) is 13.0. The predicted molar refractivity (Wildman–Crippen MR) is 82.2 cm³/mol. The van der Waals surface area contributed by atoms with Crippen LogP contribution < -0.4 is 5.32 Å². The molecular weight excluding hydrogens is 274 g/mol. The van der Waals surface area contributed by atoms with Gasteiger partial charge in [0.1, 0.15) is 0 Å². The van der Waals surface area contributed by atoms with E-state index in [2.05, 4.69) is 17.3 Å². The molecule has 0 spiro atoms. The molecule has 5 heteroatoms. The smallest absolute Gasteiger partial charge is 0.0847 e. The quantitative estimate of drug-likeness (QED) is 0.750. The minimum Gasteiger partial charge on any atom is -0.383 e. The Labute approximate surface area is 126 Å². The molecule has 1 atom stereocenters. The Morgan fingerprint density at radius 2 is 2.20 bits per heavy atom. The third-order valence-electron chi connectivity index (χ3n) is 4.41. The molecule has 0 radical (unpaired) electrons. The van der Waals surface area contributed by atoms with Crippen LogP contribution in [0.4, 0.5) is 0 Å². The van der Waals surface area contributed by atoms with E-state index in [1.165, 1.54) is 12.8 Å². The fraction of sp³-hybridized carbons (Fsp3) is 0.800. The monoisotopic (exact) mass is 299 g/mol. The Bertz CT molecular complexity index is 456. The topological polar surface area (TPSA) is 39.1 Å². The highest BCUT2D eigenvalue weighted by atomic mass is 35.5. The number of hydrogen-bond donors (Lipinski definition) is 1. The van der Waals surface area contributed by atoms with E-state index < -0.39 is 0 Å². The van der Waals surface area contributed by atoms with Gasteiger partial charge in [0.2, 0.25) is 0 Å². The first kappa shape index (κ1) is 15.8. The number of aryl methyl sites for hydroxylation is 2. The Morgan fingerprint density at radius 3 is 2.70 bits per heavy atom. The van der Waals surface area contributed by atoms with Crippen molar-refractivity contribution in [2.75, 3.05) is 26.8 Å². The summed E-state index contributed by atoms with van der Waals surface area (Å²) in [5, 5.41) is 8.77. The summed E-state index contributed by atoms with van der Waals surface area (Å²) < 4.78 is 7.03. The van der Waals surface area contributed by atoms with Crippen LogP contribution in [0.5, 0.6) is 0 Å². The summed E-state index contributed by atoms with van der Waals surface area (Å²) in [6.07, 6.45) is 3.64. The lowest BCUT2D eigenvalue weighted by Gasteiger charge is -2.30. The van der Waals surface area contributed by atoms with Gasteiger partial charge in [-0.1, -0.05) is 18.5 Å². The van der Waals surface area contributed by atoms with Gasteiger partial charge >= 0.3 is 0 Å². The highest BCUT2D eigenvalue weighted by Gasteiger charge is 2.42. The fourth-order valence-electron chi connectivity index (χ4n) is 2.93. The molecule has 0 amide bonds. The molecule has 0 aromatic carbocycles. The first-order valence-electron chi connectivity index (χ1n) is 7.35. The first-order chi connectivity index (χ1) is 9.48. The Kier molecular flexibility index (Phi) is 5.10. The molecule has 20 heavy (non-hydrogen) atoms. The van der Waals surface area contributed by atoms with Gasteiger partial charge in [-0.15, -0.1) is 0 Å². The molecule has 1 aliphatic carbocycles. The van der Waals surface area contributed by atoms with Crippen molar-refractivity contribution in [3.8, 4) is 0 Å². The molecule has 0 saturated heterocycles. The maximum absolute atomic E-state index is 6.41. The number of methoxy groups -OCH3 is 1. The molecule has 4 nitrogen and oxygen atoms in total. The van der Waals surface area contributed by atoms with Crippen LogP contribution in [-0.2, 0) is 18.2 Å². The van der Waals surface area contributed by atoms with Crippen molar-refractivity contribution < 1.29 is 4.74 Å². The Hall–Kier alpha value is -0.580. The molecule has 1 aliphatic rings. The number of halogens is 1. The number of rotatable bonds is 8. The third-order valence-corrected chi connectivity index (χ3v) is 4.90. The second kappa shape index (κ2) is 6.46. The molecule has 1 saturated carbocycles. The summed E-state index contributed by atoms with van der Waals surface area (Å²) in [6.45, 7) is 6.99. The van der Waals surface area contributed by atoms with Crippen LogP contribution in [0.1, 0.15) is 31.2 Å². The van der Waals surface area contributed by atoms with Gasteiger partial charge in [0.15, 0.2) is 0 Å². The molecule has 114 valence electrons. The zero-order chi connectivity index (χ0) is 14.8. The van der Waals surface area contributed by atoms with Gasteiger partial charge in [0.25, 0.3) is 0 Å². The van der Waals surface area contributed by atoms with Crippen LogP contribution >= 0.6 is 11.6 Å². The molecule has 1 unspecified atom stereocenters. The Morgan fingerprint density at radius 1 is 1.50 bits per heavy atom. The van der Waals surface area contributed by atoms with Crippen LogP contribution in [0.15, 0.2) is 0 Å². The SMILES string of the molecule is COCCNCC(C)(Cc1c(Cl)c(C)nn1C)C1CC1. The summed E-state index contributed by atoms with van der Waals surface area (Å²) in [6, 6.07) is 0. The van der Waals surface area contributed by atoms with E-state index in [9.17, 15) is 0 Å². The summed E-state index contributed by atoms with van der Waals surface area (Å²) in [5.74, 6) is 0.795. The molecule has 0 aliphatic heterocycles. The van der Waals surface area contributed by atoms with Crippen molar-refractivity contribution in [2.24, 2.45) is 18.4 Å². The van der Waals surface area contributed by atoms with Crippen LogP contribution in [0.25, 0.3) is 0 Å². The van der Waals surface area contributed by atoms with E-state index in [1.54, 1.807) is 7.11 Å². The van der Waals surface area contributed by atoms with Crippen molar-refractivity contribution in [1.29, 1.82) is 0 Å². The molecule has 0 bridgehead atoms. The van der Waals surface area contributed by atoms with Crippen molar-refractivity contribution in [2.45, 2.75) is 33.1 Å². The average Bonchev–Trinajstić information content (AvgIpc) is 3.21. The minimum absolute atomic E-state index is 0.248. The third kappa shape index (κ3) is 3.54. The fourth-order valence-corrected chi connectivity index (χ4v) is 3.16. The van der Waals surface area contributed by atoms with Crippen molar-refractivity contribution in [3.63, 3.8) is 0 Å². The Balaban J connectivity index is 2.04. The lowest BCUT2D eigenvalue weighted by atomic mass is 9.80. The van der Waals surface area contributed by atoms with Gasteiger partial charge in [-0.05, 0) is 37.5 Å². The van der Waals surface area contributed by atoms with E-state index in [1.807, 2.05) is 18.7 Å². The van der Waals surface area contributed by atoms with Crippen molar-refractivity contribution in [3.05, 3.63) is 16.4 Å². The van der Waals surface area contributed by atoms with E-state index in [4.69, 9.17) is 16.3 Å². The number of hydrogen-bond acceptors (Lipinski definition) is 3. The molecule has 1 aromatic rings. The van der Waals surface area contributed by atoms with Crippen LogP contribution in [0, 0.1) is 18.3 Å². The van der Waals surface area contributed by atoms with Gasteiger partial charge in [-0.2, -0.15) is 5.10 Å². The number of nitrogens with zero attached hydrogens (tertiary/aromatic N) is 2. The summed E-state index contributed by atoms with van der Waals surface area (Å²) >= 11 is 6.41. The number of aromatic nitrogens is 2. The molecule has 1 fully saturated rings. The van der Waals surface area contributed by atoms with Crippen molar-refractivity contribution >= 4 is 11.6 Å². The summed E-state index contributed by atoms with van der Waals surface area (Å²) in [7, 11) is 3.72. The maximum Gasteiger partial charge on any atom is 0.0847 e. The predicted octanol–water partition coefficient (Wildman–Crippen LogP) is 2.58. The van der Waals surface area contributed by atoms with E-state index in [0.29, 0.717) is 0 Å². The van der Waals surface area contributed by atoms with Gasteiger partial charge in [-0.25, -0.2) is 0 Å².